The molecule has 0 aromatic heterocycles. The van der Waals surface area contributed by atoms with Crippen molar-refractivity contribution in [1.82, 2.24) is 5.32 Å². The van der Waals surface area contributed by atoms with Crippen LogP contribution < -0.4 is 10.1 Å². The van der Waals surface area contributed by atoms with Gasteiger partial charge in [-0.2, -0.15) is 13.2 Å². The molecule has 0 saturated heterocycles. The molecule has 2 N–H and O–H groups in total. The number of carboxylic acid groups (broad SMARTS) is 1. The van der Waals surface area contributed by atoms with Crippen LogP contribution in [0.15, 0.2) is 60.7 Å². The monoisotopic (exact) mass is 475 g/mol. The van der Waals surface area contributed by atoms with Crippen molar-refractivity contribution in [3.8, 4) is 16.9 Å². The van der Waals surface area contributed by atoms with Crippen LogP contribution >= 0.6 is 0 Å². The molecular formula is C25H21F4NO4. The Morgan fingerprint density at radius 2 is 1.71 bits per heavy atom. The van der Waals surface area contributed by atoms with E-state index in [9.17, 15) is 32.3 Å². The van der Waals surface area contributed by atoms with Crippen LogP contribution in [0.1, 0.15) is 45.7 Å². The number of carbonyl (C=O) groups excluding carboxylic acids is 1. The molecule has 0 aliphatic carbocycles. The fraction of sp³-hybridized carbons (Fsp3) is 0.200. The number of benzene rings is 3. The number of rotatable bonds is 7. The number of amides is 1. The summed E-state index contributed by atoms with van der Waals surface area (Å²) in [5, 5.41) is 11.7. The smallest absolute Gasteiger partial charge is 0.416 e. The van der Waals surface area contributed by atoms with Crippen molar-refractivity contribution in [1.29, 1.82) is 0 Å². The van der Waals surface area contributed by atoms with Crippen LogP contribution in [0.5, 0.6) is 5.75 Å². The van der Waals surface area contributed by atoms with Crippen molar-refractivity contribution in [2.75, 3.05) is 0 Å². The summed E-state index contributed by atoms with van der Waals surface area (Å²) in [6.07, 6.45) is -4.92. The average molecular weight is 475 g/mol. The van der Waals surface area contributed by atoms with E-state index in [1.165, 1.54) is 12.1 Å². The van der Waals surface area contributed by atoms with Crippen LogP contribution in [0, 0.1) is 5.82 Å². The fourth-order valence-corrected chi connectivity index (χ4v) is 3.24. The number of carboxylic acids is 1. The summed E-state index contributed by atoms with van der Waals surface area (Å²) in [4.78, 5) is 23.8. The molecule has 3 rings (SSSR count). The third kappa shape index (κ3) is 5.92. The first-order valence-corrected chi connectivity index (χ1v) is 10.2. The van der Waals surface area contributed by atoms with Gasteiger partial charge in [0.15, 0.2) is 0 Å². The van der Waals surface area contributed by atoms with Crippen LogP contribution in [-0.2, 0) is 12.7 Å². The SMILES string of the molecule is CC(C)Oc1ccc(-c2cccc(C(=O)O)c2)cc1CNC(=O)c1ccc(C(F)(F)F)cc1F. The zero-order valence-corrected chi connectivity index (χ0v) is 18.2. The van der Waals surface area contributed by atoms with E-state index in [4.69, 9.17) is 4.74 Å². The molecule has 0 fully saturated rings. The number of alkyl halides is 3. The number of hydrogen-bond acceptors (Lipinski definition) is 3. The minimum Gasteiger partial charge on any atom is -0.491 e. The maximum atomic E-state index is 14.2. The van der Waals surface area contributed by atoms with Gasteiger partial charge in [-0.3, -0.25) is 4.79 Å². The second kappa shape index (κ2) is 9.94. The highest BCUT2D eigenvalue weighted by Gasteiger charge is 2.31. The van der Waals surface area contributed by atoms with Gasteiger partial charge in [0.1, 0.15) is 11.6 Å². The molecule has 3 aromatic carbocycles. The van der Waals surface area contributed by atoms with Gasteiger partial charge in [-0.1, -0.05) is 18.2 Å². The molecule has 0 bridgehead atoms. The second-order valence-corrected chi connectivity index (χ2v) is 7.75. The van der Waals surface area contributed by atoms with Gasteiger partial charge in [-0.05, 0) is 67.4 Å². The molecule has 0 saturated carbocycles. The first-order valence-electron chi connectivity index (χ1n) is 10.2. The topological polar surface area (TPSA) is 75.6 Å². The summed E-state index contributed by atoms with van der Waals surface area (Å²) in [5.41, 5.74) is 0.192. The normalized spacial score (nSPS) is 11.4. The number of ether oxygens (including phenoxy) is 1. The fourth-order valence-electron chi connectivity index (χ4n) is 3.24. The highest BCUT2D eigenvalue weighted by molar-refractivity contribution is 5.94. The van der Waals surface area contributed by atoms with Gasteiger partial charge in [0.05, 0.1) is 22.8 Å². The molecule has 0 aliphatic rings. The Kier molecular flexibility index (Phi) is 7.24. The minimum absolute atomic E-state index is 0.103. The summed E-state index contributed by atoms with van der Waals surface area (Å²) in [7, 11) is 0. The van der Waals surface area contributed by atoms with Crippen LogP contribution in [0.25, 0.3) is 11.1 Å². The maximum Gasteiger partial charge on any atom is 0.416 e. The van der Waals surface area contributed by atoms with Gasteiger partial charge in [-0.15, -0.1) is 0 Å². The van der Waals surface area contributed by atoms with Gasteiger partial charge in [0.25, 0.3) is 5.91 Å². The molecule has 1 amide bonds. The predicted octanol–water partition coefficient (Wildman–Crippen LogP) is 5.93. The van der Waals surface area contributed by atoms with Gasteiger partial charge in [0, 0.05) is 12.1 Å². The first kappa shape index (κ1) is 24.8. The molecule has 5 nitrogen and oxygen atoms in total. The number of aromatic carboxylic acids is 1. The average Bonchev–Trinajstić information content (AvgIpc) is 2.77. The van der Waals surface area contributed by atoms with Crippen LogP contribution in [0.2, 0.25) is 0 Å². The van der Waals surface area contributed by atoms with E-state index in [1.807, 2.05) is 13.8 Å². The van der Waals surface area contributed by atoms with Gasteiger partial charge >= 0.3 is 12.1 Å². The first-order chi connectivity index (χ1) is 16.0. The molecule has 0 unspecified atom stereocenters. The van der Waals surface area contributed by atoms with Crippen molar-refractivity contribution in [3.05, 3.63) is 88.7 Å². The Morgan fingerprint density at radius 1 is 1.00 bits per heavy atom. The quantitative estimate of drug-likeness (QED) is 0.416. The Hall–Kier alpha value is -3.88. The molecule has 9 heteroatoms. The Balaban J connectivity index is 1.87. The third-order valence-corrected chi connectivity index (χ3v) is 4.85. The zero-order valence-electron chi connectivity index (χ0n) is 18.2. The lowest BCUT2D eigenvalue weighted by molar-refractivity contribution is -0.137. The maximum absolute atomic E-state index is 14.2. The molecular weight excluding hydrogens is 454 g/mol. The number of halogens is 4. The lowest BCUT2D eigenvalue weighted by Gasteiger charge is -2.17. The number of nitrogens with one attached hydrogen (secondary N) is 1. The lowest BCUT2D eigenvalue weighted by atomic mass is 10.00. The molecule has 178 valence electrons. The lowest BCUT2D eigenvalue weighted by Crippen LogP contribution is -2.24. The van der Waals surface area contributed by atoms with E-state index >= 15 is 0 Å². The Bertz CT molecular complexity index is 1220. The second-order valence-electron chi connectivity index (χ2n) is 7.75. The van der Waals surface area contributed by atoms with Crippen molar-refractivity contribution in [2.24, 2.45) is 0 Å². The molecule has 0 radical (unpaired) electrons. The summed E-state index contributed by atoms with van der Waals surface area (Å²) < 4.78 is 58.2. The van der Waals surface area contributed by atoms with Crippen LogP contribution in [-0.4, -0.2) is 23.1 Å². The molecule has 0 aliphatic heterocycles. The minimum atomic E-state index is -4.72. The van der Waals surface area contributed by atoms with E-state index in [-0.39, 0.29) is 24.3 Å². The summed E-state index contributed by atoms with van der Waals surface area (Å²) in [6.45, 7) is 3.52. The van der Waals surface area contributed by atoms with Crippen molar-refractivity contribution < 1.29 is 37.0 Å². The Labute approximate surface area is 193 Å². The summed E-state index contributed by atoms with van der Waals surface area (Å²) in [5.74, 6) is -2.81. The van der Waals surface area contributed by atoms with Crippen molar-refractivity contribution in [2.45, 2.75) is 32.7 Å². The van der Waals surface area contributed by atoms with Gasteiger partial charge in [-0.25, -0.2) is 9.18 Å². The highest BCUT2D eigenvalue weighted by atomic mass is 19.4. The van der Waals surface area contributed by atoms with Gasteiger partial charge < -0.3 is 15.2 Å². The highest BCUT2D eigenvalue weighted by Crippen LogP contribution is 2.31. The number of hydrogen-bond donors (Lipinski definition) is 2. The molecule has 0 heterocycles. The zero-order chi connectivity index (χ0) is 25.0. The van der Waals surface area contributed by atoms with Crippen LogP contribution in [0.4, 0.5) is 17.6 Å². The van der Waals surface area contributed by atoms with E-state index in [1.54, 1.807) is 30.3 Å². The molecule has 0 atom stereocenters. The summed E-state index contributed by atoms with van der Waals surface area (Å²) in [6, 6.07) is 13.1. The molecule has 0 spiro atoms. The standard InChI is InChI=1S/C25H21F4NO4/c1-14(2)34-22-9-6-16(15-4-3-5-17(10-15)24(32)33)11-18(22)13-30-23(31)20-8-7-19(12-21(20)26)25(27,28)29/h3-12,14H,13H2,1-2H3,(H,30,31)(H,32,33). The predicted molar refractivity (Wildman–Crippen MR) is 117 cm³/mol. The van der Waals surface area contributed by atoms with Crippen molar-refractivity contribution >= 4 is 11.9 Å². The van der Waals surface area contributed by atoms with Gasteiger partial charge in [0.2, 0.25) is 0 Å². The van der Waals surface area contributed by atoms with E-state index in [0.717, 1.165) is 6.07 Å². The summed E-state index contributed by atoms with van der Waals surface area (Å²) >= 11 is 0. The number of carbonyl (C=O) groups is 2. The van der Waals surface area contributed by atoms with Crippen LogP contribution in [0.3, 0.4) is 0 Å². The van der Waals surface area contributed by atoms with E-state index in [0.29, 0.717) is 28.5 Å². The largest absolute Gasteiger partial charge is 0.491 e. The van der Waals surface area contributed by atoms with Crippen molar-refractivity contribution in [3.63, 3.8) is 0 Å². The third-order valence-electron chi connectivity index (χ3n) is 4.85. The van der Waals surface area contributed by atoms with E-state index < -0.39 is 35.0 Å². The Morgan fingerprint density at radius 3 is 2.32 bits per heavy atom. The van der Waals surface area contributed by atoms with E-state index in [2.05, 4.69) is 5.32 Å². The molecule has 3 aromatic rings. The molecule has 34 heavy (non-hydrogen) atoms.